The number of fused-ring (bicyclic) bond motifs is 1. The summed E-state index contributed by atoms with van der Waals surface area (Å²) in [7, 11) is -3.68. The predicted molar refractivity (Wildman–Crippen MR) is 103 cm³/mol. The minimum atomic E-state index is -3.68. The lowest BCUT2D eigenvalue weighted by atomic mass is 9.88. The molecule has 2 fully saturated rings. The molecule has 7 heteroatoms. The van der Waals surface area contributed by atoms with Crippen molar-refractivity contribution in [1.29, 1.82) is 0 Å². The molecule has 3 N–H and O–H groups in total. The topological polar surface area (TPSA) is 92.5 Å². The van der Waals surface area contributed by atoms with Gasteiger partial charge in [-0.3, -0.25) is 4.79 Å². The van der Waals surface area contributed by atoms with Gasteiger partial charge in [0.15, 0.2) is 0 Å². The van der Waals surface area contributed by atoms with Gasteiger partial charge in [-0.1, -0.05) is 24.3 Å². The third kappa shape index (κ3) is 3.05. The van der Waals surface area contributed by atoms with E-state index in [0.29, 0.717) is 18.0 Å². The van der Waals surface area contributed by atoms with E-state index in [-0.39, 0.29) is 16.9 Å². The smallest absolute Gasteiger partial charge is 0.248 e. The van der Waals surface area contributed by atoms with Gasteiger partial charge in [0.05, 0.1) is 10.9 Å². The molecule has 3 atom stereocenters. The SMILES string of the molecule is Cc1ccccc1[C@@H]1[C@H]2CNC[C@H]2CN1S(=O)(=O)c1ccc(C(N)=O)cc1. The lowest BCUT2D eigenvalue weighted by Gasteiger charge is -2.29. The zero-order valence-electron chi connectivity index (χ0n) is 15.1. The first-order chi connectivity index (χ1) is 12.9. The molecule has 0 saturated carbocycles. The van der Waals surface area contributed by atoms with Crippen molar-refractivity contribution in [2.75, 3.05) is 19.6 Å². The number of carbonyl (C=O) groups is 1. The molecule has 0 spiro atoms. The van der Waals surface area contributed by atoms with Crippen LogP contribution in [0.4, 0.5) is 0 Å². The highest BCUT2D eigenvalue weighted by atomic mass is 32.2. The monoisotopic (exact) mass is 385 g/mol. The van der Waals surface area contributed by atoms with Crippen LogP contribution in [0.5, 0.6) is 0 Å². The van der Waals surface area contributed by atoms with Gasteiger partial charge in [-0.15, -0.1) is 0 Å². The first kappa shape index (κ1) is 18.2. The second-order valence-electron chi connectivity index (χ2n) is 7.35. The maximum absolute atomic E-state index is 13.4. The van der Waals surface area contributed by atoms with E-state index in [2.05, 4.69) is 5.32 Å². The average Bonchev–Trinajstić information content (AvgIpc) is 3.24. The summed E-state index contributed by atoms with van der Waals surface area (Å²) in [6, 6.07) is 13.7. The standard InChI is InChI=1S/C20H23N3O3S/c1-13-4-2-3-5-17(13)19-18-11-22-10-15(18)12-23(19)27(25,26)16-8-6-14(7-9-16)20(21)24/h2-9,15,18-19,22H,10-12H2,1H3,(H2,21,24)/t15-,18-,19+/m0/s1. The normalized spacial score (nSPS) is 25.4. The van der Waals surface area contributed by atoms with E-state index >= 15 is 0 Å². The van der Waals surface area contributed by atoms with Gasteiger partial charge in [0.1, 0.15) is 0 Å². The number of nitrogens with zero attached hydrogens (tertiary/aromatic N) is 1. The van der Waals surface area contributed by atoms with Crippen LogP contribution in [0.15, 0.2) is 53.4 Å². The zero-order chi connectivity index (χ0) is 19.2. The molecule has 1 amide bonds. The maximum atomic E-state index is 13.4. The Bertz CT molecular complexity index is 972. The minimum absolute atomic E-state index is 0.188. The number of aryl methyl sites for hydroxylation is 1. The van der Waals surface area contributed by atoms with Crippen molar-refractivity contribution < 1.29 is 13.2 Å². The van der Waals surface area contributed by atoms with Crippen LogP contribution >= 0.6 is 0 Å². The molecule has 2 aromatic rings. The number of amides is 1. The third-order valence-electron chi connectivity index (χ3n) is 5.77. The molecule has 2 aliphatic rings. The number of nitrogens with one attached hydrogen (secondary N) is 1. The summed E-state index contributed by atoms with van der Waals surface area (Å²) in [5.41, 5.74) is 7.72. The summed E-state index contributed by atoms with van der Waals surface area (Å²) in [6.07, 6.45) is 0. The summed E-state index contributed by atoms with van der Waals surface area (Å²) < 4.78 is 28.5. The molecule has 142 valence electrons. The maximum Gasteiger partial charge on any atom is 0.248 e. The molecule has 6 nitrogen and oxygen atoms in total. The number of benzene rings is 2. The van der Waals surface area contributed by atoms with Crippen LogP contribution in [-0.4, -0.2) is 38.3 Å². The van der Waals surface area contributed by atoms with Crippen molar-refractivity contribution in [3.63, 3.8) is 0 Å². The molecule has 0 aliphatic carbocycles. The van der Waals surface area contributed by atoms with E-state index in [1.54, 1.807) is 4.31 Å². The van der Waals surface area contributed by atoms with Crippen molar-refractivity contribution in [2.24, 2.45) is 17.6 Å². The lowest BCUT2D eigenvalue weighted by Crippen LogP contribution is -2.35. The number of hydrogen-bond donors (Lipinski definition) is 2. The Kier molecular flexibility index (Phi) is 4.53. The summed E-state index contributed by atoms with van der Waals surface area (Å²) in [5, 5.41) is 3.40. The Morgan fingerprint density at radius 2 is 1.81 bits per heavy atom. The Hall–Kier alpha value is -2.22. The largest absolute Gasteiger partial charge is 0.366 e. The number of rotatable bonds is 4. The predicted octanol–water partition coefficient (Wildman–Crippen LogP) is 1.68. The summed E-state index contributed by atoms with van der Waals surface area (Å²) in [4.78, 5) is 11.5. The molecule has 27 heavy (non-hydrogen) atoms. The van der Waals surface area contributed by atoms with Gasteiger partial charge in [-0.2, -0.15) is 4.31 Å². The summed E-state index contributed by atoms with van der Waals surface area (Å²) in [5.74, 6) is -0.0152. The fourth-order valence-corrected chi connectivity index (χ4v) is 6.07. The van der Waals surface area contributed by atoms with E-state index in [9.17, 15) is 13.2 Å². The fraction of sp³-hybridized carbons (Fsp3) is 0.350. The Morgan fingerprint density at radius 3 is 2.48 bits per heavy atom. The fourth-order valence-electron chi connectivity index (χ4n) is 4.36. The van der Waals surface area contributed by atoms with Gasteiger partial charge >= 0.3 is 0 Å². The second-order valence-corrected chi connectivity index (χ2v) is 9.24. The van der Waals surface area contributed by atoms with Crippen LogP contribution in [0.2, 0.25) is 0 Å². The molecule has 2 heterocycles. The molecule has 0 aromatic heterocycles. The quantitative estimate of drug-likeness (QED) is 0.837. The van der Waals surface area contributed by atoms with Crippen molar-refractivity contribution in [2.45, 2.75) is 17.9 Å². The molecule has 0 unspecified atom stereocenters. The highest BCUT2D eigenvalue weighted by molar-refractivity contribution is 7.89. The Labute approximate surface area is 159 Å². The molecular formula is C20H23N3O3S. The highest BCUT2D eigenvalue weighted by Gasteiger charge is 2.49. The Balaban J connectivity index is 1.76. The van der Waals surface area contributed by atoms with Gasteiger partial charge < -0.3 is 11.1 Å². The van der Waals surface area contributed by atoms with E-state index in [4.69, 9.17) is 5.73 Å². The molecular weight excluding hydrogens is 362 g/mol. The van der Waals surface area contributed by atoms with E-state index in [1.807, 2.05) is 31.2 Å². The van der Waals surface area contributed by atoms with Gasteiger partial charge in [0, 0.05) is 18.7 Å². The van der Waals surface area contributed by atoms with Gasteiger partial charge in [-0.25, -0.2) is 8.42 Å². The van der Waals surface area contributed by atoms with E-state index in [0.717, 1.165) is 24.2 Å². The van der Waals surface area contributed by atoms with Crippen molar-refractivity contribution in [1.82, 2.24) is 9.62 Å². The number of primary amides is 1. The average molecular weight is 385 g/mol. The van der Waals surface area contributed by atoms with Crippen LogP contribution in [0.25, 0.3) is 0 Å². The first-order valence-electron chi connectivity index (χ1n) is 9.07. The molecule has 0 bridgehead atoms. The van der Waals surface area contributed by atoms with Crippen LogP contribution < -0.4 is 11.1 Å². The molecule has 4 rings (SSSR count). The van der Waals surface area contributed by atoms with Crippen LogP contribution in [0.3, 0.4) is 0 Å². The van der Waals surface area contributed by atoms with Gasteiger partial charge in [0.2, 0.25) is 15.9 Å². The van der Waals surface area contributed by atoms with Crippen LogP contribution in [0, 0.1) is 18.8 Å². The van der Waals surface area contributed by atoms with E-state index < -0.39 is 15.9 Å². The number of nitrogens with two attached hydrogens (primary N) is 1. The van der Waals surface area contributed by atoms with Crippen molar-refractivity contribution in [3.8, 4) is 0 Å². The number of hydrogen-bond acceptors (Lipinski definition) is 4. The summed E-state index contributed by atoms with van der Waals surface area (Å²) >= 11 is 0. The molecule has 2 aromatic carbocycles. The lowest BCUT2D eigenvalue weighted by molar-refractivity contribution is 0.1000. The zero-order valence-corrected chi connectivity index (χ0v) is 15.9. The van der Waals surface area contributed by atoms with Crippen LogP contribution in [0.1, 0.15) is 27.5 Å². The van der Waals surface area contributed by atoms with Crippen LogP contribution in [-0.2, 0) is 10.0 Å². The van der Waals surface area contributed by atoms with E-state index in [1.165, 1.54) is 24.3 Å². The number of carbonyl (C=O) groups excluding carboxylic acids is 1. The van der Waals surface area contributed by atoms with Crippen molar-refractivity contribution >= 4 is 15.9 Å². The van der Waals surface area contributed by atoms with Crippen molar-refractivity contribution in [3.05, 3.63) is 65.2 Å². The second kappa shape index (κ2) is 6.74. The van der Waals surface area contributed by atoms with Gasteiger partial charge in [0.25, 0.3) is 0 Å². The number of sulfonamides is 1. The minimum Gasteiger partial charge on any atom is -0.366 e. The third-order valence-corrected chi connectivity index (χ3v) is 7.64. The Morgan fingerprint density at radius 1 is 1.11 bits per heavy atom. The molecule has 2 saturated heterocycles. The first-order valence-corrected chi connectivity index (χ1v) is 10.5. The van der Waals surface area contributed by atoms with Gasteiger partial charge in [-0.05, 0) is 60.7 Å². The summed E-state index contributed by atoms with van der Waals surface area (Å²) in [6.45, 7) is 4.17. The highest BCUT2D eigenvalue weighted by Crippen LogP contribution is 2.46. The molecule has 0 radical (unpaired) electrons. The molecule has 2 aliphatic heterocycles.